The van der Waals surface area contributed by atoms with Crippen molar-refractivity contribution in [1.29, 1.82) is 0 Å². The Labute approximate surface area is 382 Å². The van der Waals surface area contributed by atoms with Crippen LogP contribution < -0.4 is 0 Å². The molecule has 0 aromatic carbocycles. The topological polar surface area (TPSA) is 316 Å². The third kappa shape index (κ3) is 15.2. The van der Waals surface area contributed by atoms with Gasteiger partial charge in [0, 0.05) is 49.6 Å². The molecule has 0 bridgehead atoms. The molecule has 0 aliphatic heterocycles. The van der Waals surface area contributed by atoms with Gasteiger partial charge in [0.05, 0.1) is 61.6 Å². The molecule has 8 aromatic rings. The summed E-state index contributed by atoms with van der Waals surface area (Å²) in [4.78, 5) is 57.8. The zero-order chi connectivity index (χ0) is 48.6. The van der Waals surface area contributed by atoms with E-state index in [1.807, 2.05) is 32.0 Å². The first-order valence-corrected chi connectivity index (χ1v) is 22.0. The van der Waals surface area contributed by atoms with E-state index in [1.54, 1.807) is 61.2 Å². The molecular formula is C45H38N8O12S2. The summed E-state index contributed by atoms with van der Waals surface area (Å²) < 4.78 is 61.4. The largest absolute Gasteiger partial charge is 0.478 e. The number of nitrogens with zero attached hydrogens (tertiary/aromatic N) is 8. The molecule has 0 radical (unpaired) electrons. The summed E-state index contributed by atoms with van der Waals surface area (Å²) in [5.74, 6) is -1.98. The Balaban J connectivity index is 0.000000167. The summed E-state index contributed by atoms with van der Waals surface area (Å²) in [6, 6.07) is 27.2. The molecule has 0 unspecified atom stereocenters. The lowest BCUT2D eigenvalue weighted by Gasteiger charge is -2.03. The molecule has 0 spiro atoms. The van der Waals surface area contributed by atoms with Crippen molar-refractivity contribution in [3.05, 3.63) is 181 Å². The average molecular weight is 947 g/mol. The summed E-state index contributed by atoms with van der Waals surface area (Å²) in [6.07, 6.45) is 11.8. The first kappa shape index (κ1) is 49.9. The molecule has 0 saturated heterocycles. The molecule has 0 saturated carbocycles. The monoisotopic (exact) mass is 946 g/mol. The van der Waals surface area contributed by atoms with E-state index in [4.69, 9.17) is 24.6 Å². The van der Waals surface area contributed by atoms with Crippen molar-refractivity contribution in [2.24, 2.45) is 0 Å². The molecule has 67 heavy (non-hydrogen) atoms. The number of carboxylic acids is 2. The van der Waals surface area contributed by atoms with Crippen LogP contribution >= 0.6 is 0 Å². The maximum absolute atomic E-state index is 11.0. The Hall–Kier alpha value is -8.12. The van der Waals surface area contributed by atoms with E-state index in [9.17, 15) is 26.4 Å². The summed E-state index contributed by atoms with van der Waals surface area (Å²) in [7, 11) is -8.40. The lowest BCUT2D eigenvalue weighted by molar-refractivity contribution is -0.253. The standard InChI is InChI=1S/C12H10N2O4.2C11H10N2O3S.C11H8N2O2/c15-12(16)9-2-4-14-11(6-9)10-5-8(7-18-17)1-3-13-10;1-8-2-4-12-10(6-8)11-7-9(3-5-13-11)17(14,15)16;1-8-2-4-10(12-6-8)11-5-3-9(7-13-11)17(14,15)16;14-11(15)8-4-6-13-10(7-8)9-3-1-2-5-12-9/h1-6,17H,7H2,(H,15,16);2*2-7H,1H3,(H,14,15,16);1-7H,(H,14,15). The van der Waals surface area contributed by atoms with Crippen LogP contribution in [0.2, 0.25) is 0 Å². The van der Waals surface area contributed by atoms with Gasteiger partial charge in [-0.05, 0) is 122 Å². The molecule has 20 nitrogen and oxygen atoms in total. The van der Waals surface area contributed by atoms with Gasteiger partial charge in [0.2, 0.25) is 0 Å². The highest BCUT2D eigenvalue weighted by Crippen LogP contribution is 2.20. The van der Waals surface area contributed by atoms with Crippen LogP contribution in [-0.2, 0) is 31.7 Å². The van der Waals surface area contributed by atoms with Crippen LogP contribution in [0.1, 0.15) is 37.4 Å². The van der Waals surface area contributed by atoms with E-state index >= 15 is 0 Å². The SMILES string of the molecule is Cc1ccc(-c2ccc(S(=O)(=O)O)cn2)nc1.Cc1ccnc(-c2cc(S(=O)(=O)O)ccn2)c1.O=C(O)c1ccnc(-c2cc(COO)ccn2)c1.O=C(O)c1ccnc(-c2ccccn2)c1. The van der Waals surface area contributed by atoms with Gasteiger partial charge < -0.3 is 10.2 Å². The van der Waals surface area contributed by atoms with Gasteiger partial charge in [-0.1, -0.05) is 12.1 Å². The number of aromatic carboxylic acids is 2. The summed E-state index contributed by atoms with van der Waals surface area (Å²) >= 11 is 0. The molecule has 0 aliphatic rings. The number of aryl methyl sites for hydroxylation is 2. The predicted molar refractivity (Wildman–Crippen MR) is 240 cm³/mol. The van der Waals surface area contributed by atoms with Crippen molar-refractivity contribution in [3.63, 3.8) is 0 Å². The van der Waals surface area contributed by atoms with Crippen molar-refractivity contribution in [3.8, 4) is 45.6 Å². The third-order valence-corrected chi connectivity index (χ3v) is 10.4. The van der Waals surface area contributed by atoms with Crippen molar-refractivity contribution < 1.29 is 55.9 Å². The molecular weight excluding hydrogens is 909 g/mol. The fourth-order valence-corrected chi connectivity index (χ4v) is 6.31. The van der Waals surface area contributed by atoms with E-state index in [0.717, 1.165) is 17.3 Å². The van der Waals surface area contributed by atoms with Crippen molar-refractivity contribution in [2.45, 2.75) is 30.2 Å². The van der Waals surface area contributed by atoms with Gasteiger partial charge in [0.25, 0.3) is 20.2 Å². The van der Waals surface area contributed by atoms with E-state index < -0.39 is 32.2 Å². The Kier molecular flexibility index (Phi) is 17.3. The fourth-order valence-electron chi connectivity index (χ4n) is 5.39. The second-order valence-corrected chi connectivity index (χ2v) is 16.5. The zero-order valence-electron chi connectivity index (χ0n) is 35.1. The summed E-state index contributed by atoms with van der Waals surface area (Å²) in [5.41, 5.74) is 7.48. The normalized spacial score (nSPS) is 10.8. The zero-order valence-corrected chi connectivity index (χ0v) is 36.8. The number of rotatable bonds is 10. The van der Waals surface area contributed by atoms with Crippen LogP contribution in [0, 0.1) is 13.8 Å². The van der Waals surface area contributed by atoms with Gasteiger partial charge in [-0.3, -0.25) is 54.2 Å². The second-order valence-electron chi connectivity index (χ2n) is 13.7. The predicted octanol–water partition coefficient (Wildman–Crippen LogP) is 7.07. The smallest absolute Gasteiger partial charge is 0.335 e. The molecule has 0 aliphatic carbocycles. The van der Waals surface area contributed by atoms with Crippen molar-refractivity contribution >= 4 is 32.2 Å². The Morgan fingerprint density at radius 3 is 1.43 bits per heavy atom. The molecule has 8 heterocycles. The Bertz CT molecular complexity index is 3190. The Morgan fingerprint density at radius 2 is 0.940 bits per heavy atom. The first-order valence-electron chi connectivity index (χ1n) is 19.2. The van der Waals surface area contributed by atoms with Crippen LogP contribution in [0.4, 0.5) is 0 Å². The van der Waals surface area contributed by atoms with Gasteiger partial charge >= 0.3 is 11.9 Å². The maximum atomic E-state index is 11.0. The molecule has 0 amide bonds. The molecule has 342 valence electrons. The number of aromatic nitrogens is 8. The summed E-state index contributed by atoms with van der Waals surface area (Å²) in [6.45, 7) is 3.86. The minimum absolute atomic E-state index is 0.0359. The van der Waals surface area contributed by atoms with Crippen LogP contribution in [0.5, 0.6) is 0 Å². The third-order valence-electron chi connectivity index (χ3n) is 8.67. The average Bonchev–Trinajstić information content (AvgIpc) is 3.32. The van der Waals surface area contributed by atoms with Crippen LogP contribution in [-0.4, -0.2) is 93.2 Å². The fraction of sp³-hybridized carbons (Fsp3) is 0.0667. The quantitative estimate of drug-likeness (QED) is 0.0520. The molecule has 22 heteroatoms. The molecule has 8 aromatic heterocycles. The molecule has 0 atom stereocenters. The first-order chi connectivity index (χ1) is 31.9. The number of pyridine rings is 8. The minimum atomic E-state index is -4.21. The maximum Gasteiger partial charge on any atom is 0.335 e. The highest BCUT2D eigenvalue weighted by atomic mass is 32.2. The highest BCUT2D eigenvalue weighted by Gasteiger charge is 2.13. The van der Waals surface area contributed by atoms with Crippen molar-refractivity contribution in [1.82, 2.24) is 39.9 Å². The lowest BCUT2D eigenvalue weighted by atomic mass is 10.1. The molecule has 0 fully saturated rings. The van der Waals surface area contributed by atoms with Gasteiger partial charge in [-0.2, -0.15) is 16.8 Å². The number of carbonyl (C=O) groups is 2. The van der Waals surface area contributed by atoms with Crippen LogP contribution in [0.15, 0.2) is 162 Å². The number of carboxylic acid groups (broad SMARTS) is 2. The van der Waals surface area contributed by atoms with Crippen LogP contribution in [0.3, 0.4) is 0 Å². The minimum Gasteiger partial charge on any atom is -0.478 e. The highest BCUT2D eigenvalue weighted by molar-refractivity contribution is 7.86. The van der Waals surface area contributed by atoms with E-state index in [-0.39, 0.29) is 27.5 Å². The van der Waals surface area contributed by atoms with E-state index in [2.05, 4.69) is 44.8 Å². The number of hydrogen-bond donors (Lipinski definition) is 5. The van der Waals surface area contributed by atoms with Gasteiger partial charge in [0.1, 0.15) is 11.5 Å². The van der Waals surface area contributed by atoms with Gasteiger partial charge in [-0.25, -0.2) is 14.5 Å². The lowest BCUT2D eigenvalue weighted by Crippen LogP contribution is -1.99. The van der Waals surface area contributed by atoms with Crippen LogP contribution in [0.25, 0.3) is 45.6 Å². The molecule has 8 rings (SSSR count). The number of hydrogen-bond acceptors (Lipinski definition) is 16. The summed E-state index contributed by atoms with van der Waals surface area (Å²) in [5, 5.41) is 26.1. The van der Waals surface area contributed by atoms with Crippen molar-refractivity contribution in [2.75, 3.05) is 0 Å². The van der Waals surface area contributed by atoms with E-state index in [1.165, 1.54) is 67.1 Å². The van der Waals surface area contributed by atoms with Gasteiger partial charge in [0.15, 0.2) is 0 Å². The van der Waals surface area contributed by atoms with Gasteiger partial charge in [-0.15, -0.1) is 0 Å². The van der Waals surface area contributed by atoms with E-state index in [0.29, 0.717) is 51.1 Å². The molecule has 5 N–H and O–H groups in total. The Morgan fingerprint density at radius 1 is 0.463 bits per heavy atom. The second kappa shape index (κ2) is 23.2.